The van der Waals surface area contributed by atoms with E-state index < -0.39 is 0 Å². The van der Waals surface area contributed by atoms with E-state index in [1.54, 1.807) is 0 Å². The highest BCUT2D eigenvalue weighted by atomic mass is 16.2. The Hall–Kier alpha value is -1.35. The molecule has 0 radical (unpaired) electrons. The fourth-order valence-electron chi connectivity index (χ4n) is 2.70. The highest BCUT2D eigenvalue weighted by Crippen LogP contribution is 2.32. The van der Waals surface area contributed by atoms with Gasteiger partial charge in [0.05, 0.1) is 6.04 Å². The zero-order valence-electron chi connectivity index (χ0n) is 11.4. The summed E-state index contributed by atoms with van der Waals surface area (Å²) in [5.74, 6) is 0.188. The van der Waals surface area contributed by atoms with Crippen LogP contribution >= 0.6 is 0 Å². The van der Waals surface area contributed by atoms with Crippen molar-refractivity contribution in [1.29, 1.82) is 0 Å². The summed E-state index contributed by atoms with van der Waals surface area (Å²) in [4.78, 5) is 13.9. The first kappa shape index (κ1) is 13.1. The molecule has 1 amide bonds. The first-order valence-corrected chi connectivity index (χ1v) is 6.66. The van der Waals surface area contributed by atoms with Gasteiger partial charge in [0, 0.05) is 19.0 Å². The van der Waals surface area contributed by atoms with E-state index in [0.717, 1.165) is 13.0 Å². The van der Waals surface area contributed by atoms with E-state index in [9.17, 15) is 4.79 Å². The molecule has 2 N–H and O–H groups in total. The summed E-state index contributed by atoms with van der Waals surface area (Å²) in [5.41, 5.74) is 9.86. The summed E-state index contributed by atoms with van der Waals surface area (Å²) >= 11 is 0. The van der Waals surface area contributed by atoms with E-state index in [0.29, 0.717) is 6.42 Å². The van der Waals surface area contributed by atoms with E-state index in [2.05, 4.69) is 39.0 Å². The number of hydrogen-bond donors (Lipinski definition) is 1. The summed E-state index contributed by atoms with van der Waals surface area (Å²) in [6.07, 6.45) is 1.44. The van der Waals surface area contributed by atoms with Crippen molar-refractivity contribution < 1.29 is 4.79 Å². The number of rotatable bonds is 3. The van der Waals surface area contributed by atoms with Crippen molar-refractivity contribution in [3.05, 3.63) is 34.9 Å². The average Bonchev–Trinajstić information content (AvgIpc) is 2.59. The van der Waals surface area contributed by atoms with Crippen LogP contribution in [-0.2, 0) is 4.79 Å². The predicted octanol–water partition coefficient (Wildman–Crippen LogP) is 2.31. The van der Waals surface area contributed by atoms with Gasteiger partial charge in [-0.1, -0.05) is 25.1 Å². The van der Waals surface area contributed by atoms with Gasteiger partial charge in [0.15, 0.2) is 0 Å². The number of carbonyl (C=O) groups excluding carboxylic acids is 1. The van der Waals surface area contributed by atoms with Crippen LogP contribution in [0.2, 0.25) is 0 Å². The Morgan fingerprint density at radius 2 is 2.06 bits per heavy atom. The van der Waals surface area contributed by atoms with E-state index in [1.165, 1.54) is 16.7 Å². The second kappa shape index (κ2) is 5.11. The topological polar surface area (TPSA) is 46.3 Å². The van der Waals surface area contributed by atoms with Gasteiger partial charge in [-0.25, -0.2) is 0 Å². The van der Waals surface area contributed by atoms with Crippen molar-refractivity contribution in [1.82, 2.24) is 4.90 Å². The van der Waals surface area contributed by atoms with Crippen molar-refractivity contribution in [3.63, 3.8) is 0 Å². The van der Waals surface area contributed by atoms with E-state index >= 15 is 0 Å². The molecule has 0 spiro atoms. The molecule has 1 aromatic carbocycles. The van der Waals surface area contributed by atoms with Crippen molar-refractivity contribution in [2.24, 2.45) is 5.73 Å². The van der Waals surface area contributed by atoms with Crippen LogP contribution in [0.4, 0.5) is 0 Å². The summed E-state index contributed by atoms with van der Waals surface area (Å²) in [7, 11) is 0. The molecule has 0 aromatic heterocycles. The van der Waals surface area contributed by atoms with E-state index in [-0.39, 0.29) is 18.0 Å². The summed E-state index contributed by atoms with van der Waals surface area (Å²) in [5, 5.41) is 0. The number of likely N-dealkylation sites (tertiary alicyclic amines) is 1. The molecule has 1 heterocycles. The van der Waals surface area contributed by atoms with Gasteiger partial charge in [-0.05, 0) is 37.0 Å². The third-order valence-electron chi connectivity index (χ3n) is 3.81. The predicted molar refractivity (Wildman–Crippen MR) is 73.3 cm³/mol. The molecule has 1 aliphatic heterocycles. The fraction of sp³-hybridized carbons (Fsp3) is 0.533. The quantitative estimate of drug-likeness (QED) is 0.889. The van der Waals surface area contributed by atoms with Crippen LogP contribution in [0.15, 0.2) is 18.2 Å². The van der Waals surface area contributed by atoms with Crippen molar-refractivity contribution in [3.8, 4) is 0 Å². The Bertz CT molecular complexity index is 456. The maximum atomic E-state index is 12.0. The number of carbonyl (C=O) groups is 1. The zero-order valence-corrected chi connectivity index (χ0v) is 11.4. The highest BCUT2D eigenvalue weighted by Gasteiger charge is 2.37. The molecule has 3 nitrogen and oxygen atoms in total. The van der Waals surface area contributed by atoms with Crippen molar-refractivity contribution in [2.45, 2.75) is 45.7 Å². The van der Waals surface area contributed by atoms with Gasteiger partial charge >= 0.3 is 0 Å². The van der Waals surface area contributed by atoms with Gasteiger partial charge in [0.25, 0.3) is 0 Å². The smallest absolute Gasteiger partial charge is 0.224 e. The lowest BCUT2D eigenvalue weighted by molar-refractivity contribution is -0.129. The van der Waals surface area contributed by atoms with Crippen LogP contribution in [0.25, 0.3) is 0 Å². The standard InChI is InChI=1S/C15H22N2O/c1-4-7-17-14(18)9-13(16)15(17)12-6-5-10(2)11(3)8-12/h5-6,8,13,15H,4,7,9,16H2,1-3H3/t13-,15+/m0/s1. The SMILES string of the molecule is CCCN1C(=O)C[C@H](N)[C@H]1c1ccc(C)c(C)c1. The molecule has 0 unspecified atom stereocenters. The molecule has 2 atom stereocenters. The molecular formula is C15H22N2O. The van der Waals surface area contributed by atoms with Crippen LogP contribution in [0.1, 0.15) is 42.5 Å². The third kappa shape index (κ3) is 2.27. The number of aryl methyl sites for hydroxylation is 2. The first-order valence-electron chi connectivity index (χ1n) is 6.66. The molecule has 3 heteroatoms. The van der Waals surface area contributed by atoms with Gasteiger partial charge in [-0.3, -0.25) is 4.79 Å². The lowest BCUT2D eigenvalue weighted by Gasteiger charge is -2.27. The van der Waals surface area contributed by atoms with Gasteiger partial charge in [0.1, 0.15) is 0 Å². The zero-order chi connectivity index (χ0) is 13.3. The van der Waals surface area contributed by atoms with Gasteiger partial charge in [-0.15, -0.1) is 0 Å². The molecule has 1 fully saturated rings. The van der Waals surface area contributed by atoms with Gasteiger partial charge in [-0.2, -0.15) is 0 Å². The monoisotopic (exact) mass is 246 g/mol. The summed E-state index contributed by atoms with van der Waals surface area (Å²) in [6.45, 7) is 7.09. The minimum Gasteiger partial charge on any atom is -0.334 e. The Labute approximate surface area is 109 Å². The largest absolute Gasteiger partial charge is 0.334 e. The van der Waals surface area contributed by atoms with Crippen LogP contribution in [-0.4, -0.2) is 23.4 Å². The number of amides is 1. The summed E-state index contributed by atoms with van der Waals surface area (Å²) in [6, 6.07) is 6.36. The molecule has 0 saturated carbocycles. The van der Waals surface area contributed by atoms with E-state index in [4.69, 9.17) is 5.73 Å². The van der Waals surface area contributed by atoms with E-state index in [1.807, 2.05) is 4.90 Å². The van der Waals surface area contributed by atoms with Crippen LogP contribution < -0.4 is 5.73 Å². The maximum absolute atomic E-state index is 12.0. The second-order valence-electron chi connectivity index (χ2n) is 5.24. The lowest BCUT2D eigenvalue weighted by Crippen LogP contribution is -2.33. The fourth-order valence-corrected chi connectivity index (χ4v) is 2.70. The normalized spacial score (nSPS) is 23.8. The molecule has 1 saturated heterocycles. The Kier molecular flexibility index (Phi) is 3.71. The Morgan fingerprint density at radius 1 is 1.33 bits per heavy atom. The van der Waals surface area contributed by atoms with Crippen LogP contribution in [0.3, 0.4) is 0 Å². The number of nitrogens with zero attached hydrogens (tertiary/aromatic N) is 1. The van der Waals surface area contributed by atoms with Crippen LogP contribution in [0, 0.1) is 13.8 Å². The Balaban J connectivity index is 2.34. The molecule has 98 valence electrons. The minimum absolute atomic E-state index is 0.0525. The molecule has 1 aliphatic rings. The second-order valence-corrected chi connectivity index (χ2v) is 5.24. The first-order chi connectivity index (χ1) is 8.54. The lowest BCUT2D eigenvalue weighted by atomic mass is 9.97. The maximum Gasteiger partial charge on any atom is 0.224 e. The van der Waals surface area contributed by atoms with Crippen LogP contribution in [0.5, 0.6) is 0 Å². The van der Waals surface area contributed by atoms with Crippen molar-refractivity contribution in [2.75, 3.05) is 6.54 Å². The number of hydrogen-bond acceptors (Lipinski definition) is 2. The molecule has 18 heavy (non-hydrogen) atoms. The highest BCUT2D eigenvalue weighted by molar-refractivity contribution is 5.80. The van der Waals surface area contributed by atoms with Gasteiger partial charge in [0.2, 0.25) is 5.91 Å². The van der Waals surface area contributed by atoms with Crippen molar-refractivity contribution >= 4 is 5.91 Å². The summed E-state index contributed by atoms with van der Waals surface area (Å²) < 4.78 is 0. The molecule has 0 bridgehead atoms. The number of nitrogens with two attached hydrogens (primary N) is 1. The third-order valence-corrected chi connectivity index (χ3v) is 3.81. The molecular weight excluding hydrogens is 224 g/mol. The molecule has 1 aromatic rings. The average molecular weight is 246 g/mol. The Morgan fingerprint density at radius 3 is 2.67 bits per heavy atom. The minimum atomic E-state index is -0.0776. The molecule has 0 aliphatic carbocycles. The molecule has 2 rings (SSSR count). The van der Waals surface area contributed by atoms with Gasteiger partial charge < -0.3 is 10.6 Å². The number of benzene rings is 1.